The molecule has 2 aromatic carbocycles. The first-order chi connectivity index (χ1) is 14.9. The second kappa shape index (κ2) is 8.94. The topological polar surface area (TPSA) is 119 Å². The number of aromatic nitrogens is 2. The first-order valence-corrected chi connectivity index (χ1v) is 11.5. The molecule has 1 saturated carbocycles. The Morgan fingerprint density at radius 2 is 1.81 bits per heavy atom. The Labute approximate surface area is 179 Å². The largest absolute Gasteiger partial charge is 0.338 e. The van der Waals surface area contributed by atoms with Crippen molar-refractivity contribution in [2.45, 2.75) is 49.6 Å². The third-order valence-electron chi connectivity index (χ3n) is 5.41. The van der Waals surface area contributed by atoms with Gasteiger partial charge in [0.1, 0.15) is 0 Å². The molecule has 0 N–H and O–H groups in total. The van der Waals surface area contributed by atoms with Crippen LogP contribution < -0.4 is 0 Å². The van der Waals surface area contributed by atoms with Gasteiger partial charge in [0, 0.05) is 23.7 Å². The predicted molar refractivity (Wildman–Crippen MR) is 112 cm³/mol. The van der Waals surface area contributed by atoms with Gasteiger partial charge in [0.15, 0.2) is 0 Å². The van der Waals surface area contributed by atoms with E-state index in [2.05, 4.69) is 10.1 Å². The second-order valence-electron chi connectivity index (χ2n) is 7.47. The van der Waals surface area contributed by atoms with E-state index in [0.29, 0.717) is 18.7 Å². The molecule has 0 aliphatic heterocycles. The molecular formula is C21H22N4O5S. The van der Waals surface area contributed by atoms with Crippen LogP contribution in [-0.4, -0.2) is 33.8 Å². The van der Waals surface area contributed by atoms with Gasteiger partial charge < -0.3 is 4.52 Å². The summed E-state index contributed by atoms with van der Waals surface area (Å²) in [5.74, 6) is 0.561. The fourth-order valence-electron chi connectivity index (χ4n) is 3.83. The van der Waals surface area contributed by atoms with E-state index in [1.165, 1.54) is 22.5 Å². The molecule has 4 rings (SSSR count). The maximum absolute atomic E-state index is 13.5. The Balaban J connectivity index is 1.67. The minimum absolute atomic E-state index is 0.0878. The summed E-state index contributed by atoms with van der Waals surface area (Å²) in [5.41, 5.74) is 0.497. The van der Waals surface area contributed by atoms with Crippen LogP contribution in [0.1, 0.15) is 38.0 Å². The fraction of sp³-hybridized carbons (Fsp3) is 0.333. The van der Waals surface area contributed by atoms with Gasteiger partial charge in [-0.05, 0) is 18.9 Å². The Morgan fingerprint density at radius 3 is 2.52 bits per heavy atom. The number of benzene rings is 2. The summed E-state index contributed by atoms with van der Waals surface area (Å²) in [6.45, 7) is -0.0878. The zero-order valence-corrected chi connectivity index (χ0v) is 17.6. The maximum Gasteiger partial charge on any atom is 0.270 e. The number of sulfonamides is 1. The van der Waals surface area contributed by atoms with E-state index >= 15 is 0 Å². The molecule has 31 heavy (non-hydrogen) atoms. The highest BCUT2D eigenvalue weighted by atomic mass is 32.2. The van der Waals surface area contributed by atoms with Crippen LogP contribution in [0, 0.1) is 10.1 Å². The zero-order chi connectivity index (χ0) is 21.8. The summed E-state index contributed by atoms with van der Waals surface area (Å²) in [4.78, 5) is 14.8. The number of nitro groups is 1. The molecular weight excluding hydrogens is 420 g/mol. The number of non-ortho nitro benzene ring substituents is 1. The summed E-state index contributed by atoms with van der Waals surface area (Å²) >= 11 is 0. The minimum Gasteiger partial charge on any atom is -0.338 e. The number of hydrogen-bond donors (Lipinski definition) is 0. The molecule has 3 aromatic rings. The van der Waals surface area contributed by atoms with E-state index in [1.807, 2.05) is 30.3 Å². The van der Waals surface area contributed by atoms with Gasteiger partial charge in [-0.2, -0.15) is 9.29 Å². The van der Waals surface area contributed by atoms with Crippen LogP contribution in [0.25, 0.3) is 11.4 Å². The van der Waals surface area contributed by atoms with Crippen molar-refractivity contribution < 1.29 is 17.9 Å². The normalized spacial score (nSPS) is 15.3. The van der Waals surface area contributed by atoms with Crippen LogP contribution in [0.2, 0.25) is 0 Å². The van der Waals surface area contributed by atoms with Gasteiger partial charge in [-0.1, -0.05) is 60.8 Å². The number of hydrogen-bond acceptors (Lipinski definition) is 7. The van der Waals surface area contributed by atoms with E-state index < -0.39 is 14.9 Å². The molecule has 1 heterocycles. The predicted octanol–water partition coefficient (Wildman–Crippen LogP) is 4.17. The summed E-state index contributed by atoms with van der Waals surface area (Å²) in [5, 5.41) is 15.1. The first-order valence-electron chi connectivity index (χ1n) is 10.1. The Hall–Kier alpha value is -3.11. The fourth-order valence-corrected chi connectivity index (χ4v) is 5.50. The van der Waals surface area contributed by atoms with Gasteiger partial charge in [0.05, 0.1) is 16.4 Å². The van der Waals surface area contributed by atoms with Gasteiger partial charge in [0.25, 0.3) is 5.69 Å². The third-order valence-corrected chi connectivity index (χ3v) is 7.30. The first kappa shape index (κ1) is 21.1. The van der Waals surface area contributed by atoms with Crippen molar-refractivity contribution in [2.75, 3.05) is 0 Å². The molecule has 0 unspecified atom stereocenters. The van der Waals surface area contributed by atoms with Gasteiger partial charge in [-0.3, -0.25) is 10.1 Å². The van der Waals surface area contributed by atoms with Crippen LogP contribution in [-0.2, 0) is 16.6 Å². The highest BCUT2D eigenvalue weighted by molar-refractivity contribution is 7.89. The van der Waals surface area contributed by atoms with Crippen molar-refractivity contribution in [3.05, 3.63) is 70.6 Å². The van der Waals surface area contributed by atoms with Gasteiger partial charge in [-0.15, -0.1) is 0 Å². The van der Waals surface area contributed by atoms with Gasteiger partial charge in [0.2, 0.25) is 21.7 Å². The smallest absolute Gasteiger partial charge is 0.270 e. The SMILES string of the molecule is O=[N+]([O-])c1cccc(S(=O)(=O)N(Cc2nc(-c3ccccc3)no2)C2CCCCC2)c1. The van der Waals surface area contributed by atoms with Crippen LogP contribution in [0.15, 0.2) is 64.0 Å². The molecule has 0 spiro atoms. The number of rotatable bonds is 7. The Kier molecular flexibility index (Phi) is 6.10. The molecule has 0 bridgehead atoms. The standard InChI is InChI=1S/C21H22N4O5S/c26-25(27)18-12-7-13-19(14-18)31(28,29)24(17-10-5-2-6-11-17)15-20-22-21(23-30-20)16-8-3-1-4-9-16/h1,3-4,7-9,12-14,17H,2,5-6,10-11,15H2. The average molecular weight is 442 g/mol. The van der Waals surface area contributed by atoms with Crippen LogP contribution in [0.4, 0.5) is 5.69 Å². The van der Waals surface area contributed by atoms with Crippen molar-refractivity contribution in [3.8, 4) is 11.4 Å². The van der Waals surface area contributed by atoms with E-state index in [9.17, 15) is 18.5 Å². The lowest BCUT2D eigenvalue weighted by atomic mass is 9.95. The second-order valence-corrected chi connectivity index (χ2v) is 9.36. The van der Waals surface area contributed by atoms with Gasteiger partial charge >= 0.3 is 0 Å². The molecule has 1 aliphatic rings. The molecule has 9 nitrogen and oxygen atoms in total. The lowest BCUT2D eigenvalue weighted by molar-refractivity contribution is -0.385. The van der Waals surface area contributed by atoms with E-state index in [1.54, 1.807) is 0 Å². The highest BCUT2D eigenvalue weighted by Crippen LogP contribution is 2.30. The Bertz CT molecular complexity index is 1160. The molecule has 0 atom stereocenters. The van der Waals surface area contributed by atoms with Crippen molar-refractivity contribution in [1.29, 1.82) is 0 Å². The molecule has 10 heteroatoms. The van der Waals surface area contributed by atoms with E-state index in [-0.39, 0.29) is 29.1 Å². The average Bonchev–Trinajstić information content (AvgIpc) is 3.27. The van der Waals surface area contributed by atoms with Crippen molar-refractivity contribution in [2.24, 2.45) is 0 Å². The lowest BCUT2D eigenvalue weighted by Gasteiger charge is -2.32. The van der Waals surface area contributed by atoms with Crippen molar-refractivity contribution in [3.63, 3.8) is 0 Å². The molecule has 0 saturated heterocycles. The number of nitrogens with zero attached hydrogens (tertiary/aromatic N) is 4. The minimum atomic E-state index is -4.01. The summed E-state index contributed by atoms with van der Waals surface area (Å²) in [6, 6.07) is 14.2. The molecule has 1 fully saturated rings. The summed E-state index contributed by atoms with van der Waals surface area (Å²) < 4.78 is 33.7. The molecule has 1 aromatic heterocycles. The van der Waals surface area contributed by atoms with E-state index in [4.69, 9.17) is 4.52 Å². The van der Waals surface area contributed by atoms with Crippen LogP contribution >= 0.6 is 0 Å². The summed E-state index contributed by atoms with van der Waals surface area (Å²) in [7, 11) is -4.01. The molecule has 162 valence electrons. The number of nitro benzene ring substituents is 1. The third kappa shape index (κ3) is 4.64. The van der Waals surface area contributed by atoms with E-state index in [0.717, 1.165) is 30.9 Å². The monoisotopic (exact) mass is 442 g/mol. The van der Waals surface area contributed by atoms with Crippen molar-refractivity contribution >= 4 is 15.7 Å². The highest BCUT2D eigenvalue weighted by Gasteiger charge is 2.34. The molecule has 0 radical (unpaired) electrons. The maximum atomic E-state index is 13.5. The zero-order valence-electron chi connectivity index (χ0n) is 16.8. The van der Waals surface area contributed by atoms with Crippen LogP contribution in [0.3, 0.4) is 0 Å². The molecule has 1 aliphatic carbocycles. The van der Waals surface area contributed by atoms with Crippen LogP contribution in [0.5, 0.6) is 0 Å². The quantitative estimate of drug-likeness (QED) is 0.398. The molecule has 0 amide bonds. The summed E-state index contributed by atoms with van der Waals surface area (Å²) in [6.07, 6.45) is 4.33. The Morgan fingerprint density at radius 1 is 1.06 bits per heavy atom. The van der Waals surface area contributed by atoms with Crippen molar-refractivity contribution in [1.82, 2.24) is 14.4 Å². The van der Waals surface area contributed by atoms with Gasteiger partial charge in [-0.25, -0.2) is 8.42 Å². The lowest BCUT2D eigenvalue weighted by Crippen LogP contribution is -2.41.